The molecular weight excluding hydrogens is 306 g/mol. The average Bonchev–Trinajstić information content (AvgIpc) is 2.97. The minimum atomic E-state index is -0.494. The van der Waals surface area contributed by atoms with E-state index in [1.807, 2.05) is 30.3 Å². The Hall–Kier alpha value is -3.07. The topological polar surface area (TPSA) is 73.2 Å². The summed E-state index contributed by atoms with van der Waals surface area (Å²) in [6.07, 6.45) is 2.59. The number of methoxy groups -OCH3 is 1. The van der Waals surface area contributed by atoms with Crippen molar-refractivity contribution in [2.24, 2.45) is 7.05 Å². The number of aryl methyl sites for hydroxylation is 2. The van der Waals surface area contributed by atoms with Gasteiger partial charge in [-0.05, 0) is 17.9 Å². The van der Waals surface area contributed by atoms with E-state index in [2.05, 4.69) is 22.1 Å². The standard InChI is InChI=1S/C18H19N3O3/c1-21-13-20-15(17(21)18(23)24-2)9-6-12-19-16(22)11-10-14-7-4-3-5-8-14/h3-5,7-8,13H,10-12H2,1-2H3,(H,19,22). The number of imidazole rings is 1. The molecule has 24 heavy (non-hydrogen) atoms. The minimum absolute atomic E-state index is 0.0673. The van der Waals surface area contributed by atoms with Crippen LogP contribution in [0.2, 0.25) is 0 Å². The molecule has 1 aromatic heterocycles. The number of ether oxygens (including phenoxy) is 1. The summed E-state index contributed by atoms with van der Waals surface area (Å²) in [5.74, 6) is 5.02. The highest BCUT2D eigenvalue weighted by Gasteiger charge is 2.15. The van der Waals surface area contributed by atoms with Crippen molar-refractivity contribution in [3.05, 3.63) is 53.6 Å². The molecule has 0 aliphatic carbocycles. The predicted molar refractivity (Wildman–Crippen MR) is 89.2 cm³/mol. The Morgan fingerprint density at radius 1 is 1.29 bits per heavy atom. The van der Waals surface area contributed by atoms with Crippen LogP contribution >= 0.6 is 0 Å². The molecule has 1 heterocycles. The summed E-state index contributed by atoms with van der Waals surface area (Å²) in [6.45, 7) is 0.199. The molecule has 0 atom stereocenters. The number of hydrogen-bond acceptors (Lipinski definition) is 4. The average molecular weight is 325 g/mol. The van der Waals surface area contributed by atoms with Gasteiger partial charge in [0.15, 0.2) is 5.69 Å². The second-order valence-electron chi connectivity index (χ2n) is 5.11. The number of benzene rings is 1. The van der Waals surface area contributed by atoms with Gasteiger partial charge in [0.05, 0.1) is 20.0 Å². The Bertz CT molecular complexity index is 770. The molecule has 2 aromatic rings. The first-order chi connectivity index (χ1) is 11.6. The lowest BCUT2D eigenvalue weighted by molar-refractivity contribution is -0.120. The fraction of sp³-hybridized carbons (Fsp3) is 0.278. The molecule has 0 saturated heterocycles. The fourth-order valence-electron chi connectivity index (χ4n) is 2.12. The van der Waals surface area contributed by atoms with E-state index in [1.165, 1.54) is 13.4 Å². The number of hydrogen-bond donors (Lipinski definition) is 1. The molecule has 1 amide bonds. The minimum Gasteiger partial charge on any atom is -0.464 e. The first-order valence-electron chi connectivity index (χ1n) is 7.51. The maximum atomic E-state index is 11.8. The zero-order valence-corrected chi connectivity index (χ0v) is 13.7. The molecule has 1 aromatic carbocycles. The largest absolute Gasteiger partial charge is 0.464 e. The molecule has 6 nitrogen and oxygen atoms in total. The van der Waals surface area contributed by atoms with Crippen molar-refractivity contribution in [1.82, 2.24) is 14.9 Å². The molecule has 0 aliphatic heterocycles. The number of esters is 1. The Morgan fingerprint density at radius 2 is 2.04 bits per heavy atom. The van der Waals surface area contributed by atoms with E-state index >= 15 is 0 Å². The number of nitrogens with zero attached hydrogens (tertiary/aromatic N) is 2. The highest BCUT2D eigenvalue weighted by atomic mass is 16.5. The SMILES string of the molecule is COC(=O)c1c(C#CCNC(=O)CCc2ccccc2)ncn1C. The number of carbonyl (C=O) groups is 2. The van der Waals surface area contributed by atoms with E-state index in [-0.39, 0.29) is 12.5 Å². The summed E-state index contributed by atoms with van der Waals surface area (Å²) in [5.41, 5.74) is 1.75. The van der Waals surface area contributed by atoms with E-state index in [4.69, 9.17) is 4.74 Å². The van der Waals surface area contributed by atoms with Crippen molar-refractivity contribution in [3.63, 3.8) is 0 Å². The lowest BCUT2D eigenvalue weighted by Gasteiger charge is -2.02. The summed E-state index contributed by atoms with van der Waals surface area (Å²) >= 11 is 0. The number of aromatic nitrogens is 2. The predicted octanol–water partition coefficient (Wildman–Crippen LogP) is 1.31. The van der Waals surface area contributed by atoms with Crippen LogP contribution < -0.4 is 5.32 Å². The van der Waals surface area contributed by atoms with Gasteiger partial charge < -0.3 is 14.6 Å². The smallest absolute Gasteiger partial charge is 0.357 e. The molecule has 0 aliphatic rings. The highest BCUT2D eigenvalue weighted by Crippen LogP contribution is 2.06. The monoisotopic (exact) mass is 325 g/mol. The Kier molecular flexibility index (Phi) is 6.15. The van der Waals surface area contributed by atoms with E-state index in [0.717, 1.165) is 5.56 Å². The van der Waals surface area contributed by atoms with Crippen molar-refractivity contribution < 1.29 is 14.3 Å². The molecule has 0 radical (unpaired) electrons. The summed E-state index contributed by atoms with van der Waals surface area (Å²) in [4.78, 5) is 27.5. The Morgan fingerprint density at radius 3 is 2.75 bits per heavy atom. The maximum absolute atomic E-state index is 11.8. The molecule has 0 spiro atoms. The second-order valence-corrected chi connectivity index (χ2v) is 5.11. The first-order valence-corrected chi connectivity index (χ1v) is 7.51. The van der Waals surface area contributed by atoms with Crippen LogP contribution in [-0.4, -0.2) is 35.1 Å². The van der Waals surface area contributed by atoms with Gasteiger partial charge in [0, 0.05) is 13.5 Å². The van der Waals surface area contributed by atoms with Crippen LogP contribution in [0.25, 0.3) is 0 Å². The van der Waals surface area contributed by atoms with E-state index in [1.54, 1.807) is 11.6 Å². The summed E-state index contributed by atoms with van der Waals surface area (Å²) in [5, 5.41) is 2.73. The van der Waals surface area contributed by atoms with Gasteiger partial charge in [-0.2, -0.15) is 0 Å². The summed E-state index contributed by atoms with van der Waals surface area (Å²) in [6, 6.07) is 9.82. The van der Waals surface area contributed by atoms with Gasteiger partial charge in [-0.25, -0.2) is 9.78 Å². The first kappa shape index (κ1) is 17.3. The number of rotatable bonds is 5. The van der Waals surface area contributed by atoms with Crippen molar-refractivity contribution >= 4 is 11.9 Å². The van der Waals surface area contributed by atoms with E-state index < -0.39 is 5.97 Å². The molecule has 2 rings (SSSR count). The van der Waals surface area contributed by atoms with Crippen LogP contribution in [0, 0.1) is 11.8 Å². The van der Waals surface area contributed by atoms with Gasteiger partial charge in [-0.15, -0.1) is 0 Å². The quantitative estimate of drug-likeness (QED) is 0.664. The van der Waals surface area contributed by atoms with Gasteiger partial charge >= 0.3 is 5.97 Å². The molecule has 6 heteroatoms. The molecule has 0 bridgehead atoms. The van der Waals surface area contributed by atoms with Crippen molar-refractivity contribution in [3.8, 4) is 11.8 Å². The summed E-state index contributed by atoms with van der Waals surface area (Å²) in [7, 11) is 3.00. The third-order valence-corrected chi connectivity index (χ3v) is 3.38. The lowest BCUT2D eigenvalue weighted by Crippen LogP contribution is -2.23. The van der Waals surface area contributed by atoms with Crippen LogP contribution in [-0.2, 0) is 23.0 Å². The highest BCUT2D eigenvalue weighted by molar-refractivity contribution is 5.89. The maximum Gasteiger partial charge on any atom is 0.357 e. The van der Waals surface area contributed by atoms with Crippen LogP contribution in [0.1, 0.15) is 28.2 Å². The molecule has 0 unspecified atom stereocenters. The van der Waals surface area contributed by atoms with Gasteiger partial charge in [0.2, 0.25) is 5.91 Å². The number of amides is 1. The van der Waals surface area contributed by atoms with Gasteiger partial charge in [0.1, 0.15) is 5.69 Å². The van der Waals surface area contributed by atoms with Gasteiger partial charge in [-0.3, -0.25) is 4.79 Å². The van der Waals surface area contributed by atoms with Crippen molar-refractivity contribution in [2.45, 2.75) is 12.8 Å². The zero-order chi connectivity index (χ0) is 17.4. The Labute approximate surface area is 140 Å². The molecule has 0 fully saturated rings. The van der Waals surface area contributed by atoms with Gasteiger partial charge in [0.25, 0.3) is 0 Å². The van der Waals surface area contributed by atoms with Gasteiger partial charge in [-0.1, -0.05) is 36.3 Å². The molecule has 124 valence electrons. The fourth-order valence-corrected chi connectivity index (χ4v) is 2.12. The second kappa shape index (κ2) is 8.53. The summed E-state index contributed by atoms with van der Waals surface area (Å²) < 4.78 is 6.25. The molecular formula is C18H19N3O3. The van der Waals surface area contributed by atoms with Crippen molar-refractivity contribution in [2.75, 3.05) is 13.7 Å². The Balaban J connectivity index is 1.84. The van der Waals surface area contributed by atoms with E-state index in [0.29, 0.717) is 24.2 Å². The van der Waals surface area contributed by atoms with Crippen LogP contribution in [0.3, 0.4) is 0 Å². The van der Waals surface area contributed by atoms with Crippen LogP contribution in [0.5, 0.6) is 0 Å². The zero-order valence-electron chi connectivity index (χ0n) is 13.7. The third-order valence-electron chi connectivity index (χ3n) is 3.38. The molecule has 0 saturated carbocycles. The van der Waals surface area contributed by atoms with Crippen LogP contribution in [0.15, 0.2) is 36.7 Å². The van der Waals surface area contributed by atoms with Crippen LogP contribution in [0.4, 0.5) is 0 Å². The molecule has 1 N–H and O–H groups in total. The van der Waals surface area contributed by atoms with E-state index in [9.17, 15) is 9.59 Å². The third kappa shape index (κ3) is 4.71. The van der Waals surface area contributed by atoms with Crippen molar-refractivity contribution in [1.29, 1.82) is 0 Å². The lowest BCUT2D eigenvalue weighted by atomic mass is 10.1. The number of nitrogens with one attached hydrogen (secondary N) is 1. The number of carbonyl (C=O) groups excluding carboxylic acids is 2. The normalized spacial score (nSPS) is 9.75.